The number of thiophene rings is 1. The molecular formula is C35H43F3N8O2S2. The smallest absolute Gasteiger partial charge is 0.367 e. The van der Waals surface area contributed by atoms with Crippen LogP contribution in [0, 0.1) is 18.3 Å². The summed E-state index contributed by atoms with van der Waals surface area (Å²) >= 11 is 1.08. The third kappa shape index (κ3) is 7.36. The van der Waals surface area contributed by atoms with Gasteiger partial charge in [0.05, 0.1) is 11.8 Å². The monoisotopic (exact) mass is 728 g/mol. The molecular weight excluding hydrogens is 686 g/mol. The summed E-state index contributed by atoms with van der Waals surface area (Å²) in [6.45, 7) is 10.3. The van der Waals surface area contributed by atoms with Crippen molar-refractivity contribution < 1.29 is 21.6 Å². The molecule has 1 N–H and O–H groups in total. The Labute approximate surface area is 294 Å². The van der Waals surface area contributed by atoms with E-state index in [2.05, 4.69) is 45.3 Å². The Balaban J connectivity index is 1.00. The van der Waals surface area contributed by atoms with Gasteiger partial charge in [-0.05, 0) is 68.9 Å². The van der Waals surface area contributed by atoms with E-state index in [0.717, 1.165) is 73.1 Å². The fraction of sp³-hybridized carbons (Fsp3) is 0.571. The number of rotatable bonds is 10. The van der Waals surface area contributed by atoms with Crippen molar-refractivity contribution in [3.63, 3.8) is 0 Å². The normalized spacial score (nSPS) is 20.4. The van der Waals surface area contributed by atoms with Crippen molar-refractivity contribution in [2.24, 2.45) is 0 Å². The van der Waals surface area contributed by atoms with Crippen LogP contribution < -0.4 is 5.32 Å². The zero-order valence-electron chi connectivity index (χ0n) is 28.6. The average molecular weight is 729 g/mol. The number of hydrogen-bond acceptors (Lipinski definition) is 9. The highest BCUT2D eigenvalue weighted by atomic mass is 32.2. The lowest BCUT2D eigenvalue weighted by molar-refractivity contribution is -0.126. The number of nitrogens with zero attached hydrogens (tertiary/aromatic N) is 7. The number of sulfonamides is 1. The van der Waals surface area contributed by atoms with E-state index in [-0.39, 0.29) is 28.9 Å². The van der Waals surface area contributed by atoms with Gasteiger partial charge in [0.15, 0.2) is 0 Å². The van der Waals surface area contributed by atoms with E-state index in [4.69, 9.17) is 0 Å². The van der Waals surface area contributed by atoms with Crippen LogP contribution in [0.4, 0.5) is 19.0 Å². The Morgan fingerprint density at radius 3 is 2.50 bits per heavy atom. The van der Waals surface area contributed by atoms with Crippen LogP contribution in [0.15, 0.2) is 24.3 Å². The molecule has 3 aliphatic rings. The maximum Gasteiger partial charge on any atom is 0.393 e. The Morgan fingerprint density at radius 1 is 1.08 bits per heavy atom. The second kappa shape index (κ2) is 13.7. The SMILES string of the molecule is CCc1nc(NC2CCN(Cc3ccc4c(cc(C#N)n4C[C@H](C)N4CCN(C5CC5)S(=O)(=O)C4)c3C)CC2)c2cc(CC(F)(F)F)sc2n1. The van der Waals surface area contributed by atoms with Gasteiger partial charge in [-0.25, -0.2) is 18.4 Å². The van der Waals surface area contributed by atoms with Crippen LogP contribution in [0.5, 0.6) is 0 Å². The topological polar surface area (TPSA) is 110 Å². The summed E-state index contributed by atoms with van der Waals surface area (Å²) in [7, 11) is -3.32. The average Bonchev–Trinajstić information content (AvgIpc) is 3.72. The number of likely N-dealkylation sites (tertiary alicyclic amines) is 1. The predicted octanol–water partition coefficient (Wildman–Crippen LogP) is 6.03. The first-order chi connectivity index (χ1) is 23.8. The van der Waals surface area contributed by atoms with Crippen molar-refractivity contribution in [1.82, 2.24) is 28.6 Å². The molecule has 1 saturated carbocycles. The molecule has 1 aliphatic carbocycles. The lowest BCUT2D eigenvalue weighted by Gasteiger charge is -2.37. The number of aryl methyl sites for hydroxylation is 2. The molecule has 10 nitrogen and oxygen atoms in total. The summed E-state index contributed by atoms with van der Waals surface area (Å²) < 4.78 is 68.9. The van der Waals surface area contributed by atoms with Crippen LogP contribution in [0.3, 0.4) is 0 Å². The Hall–Kier alpha value is -3.29. The number of nitrogens with one attached hydrogen (secondary N) is 1. The molecule has 0 spiro atoms. The van der Waals surface area contributed by atoms with Crippen LogP contribution in [0.1, 0.15) is 67.1 Å². The first kappa shape index (κ1) is 35.1. The number of halogens is 3. The summed E-state index contributed by atoms with van der Waals surface area (Å²) in [6, 6.07) is 10.4. The lowest BCUT2D eigenvalue weighted by Crippen LogP contribution is -2.53. The standard InChI is InChI=1S/C35H43F3N8O2S2/c1-4-32-41-33(30-16-28(17-35(36,37)38)49-34(30)42-32)40-25-9-11-43(12-10-25)20-24-5-8-31-29(23(24)3)15-27(18-39)45(31)19-22(2)44-13-14-46(26-6-7-26)50(47,48)21-44/h5,8,15-16,22,25-26H,4,6-7,9-14,17,19-21H2,1-3H3,(H,40,41,42)/t22-/m0/s1. The third-order valence-corrected chi connectivity index (χ3v) is 13.3. The highest BCUT2D eigenvalue weighted by molar-refractivity contribution is 7.89. The Bertz CT molecular complexity index is 2040. The van der Waals surface area contributed by atoms with Gasteiger partial charge in [0.1, 0.15) is 34.1 Å². The second-order valence-corrected chi connectivity index (χ2v) is 17.0. The van der Waals surface area contributed by atoms with Gasteiger partial charge in [-0.2, -0.15) is 22.7 Å². The number of benzene rings is 1. The predicted molar refractivity (Wildman–Crippen MR) is 190 cm³/mol. The second-order valence-electron chi connectivity index (χ2n) is 14.0. The number of aromatic nitrogens is 3. The van der Waals surface area contributed by atoms with Crippen LogP contribution >= 0.6 is 11.3 Å². The van der Waals surface area contributed by atoms with Crippen LogP contribution in [0.2, 0.25) is 0 Å². The van der Waals surface area contributed by atoms with E-state index >= 15 is 0 Å². The first-order valence-corrected chi connectivity index (χ1v) is 19.8. The van der Waals surface area contributed by atoms with Crippen LogP contribution in [-0.4, -0.2) is 93.4 Å². The highest BCUT2D eigenvalue weighted by Crippen LogP contribution is 2.35. The molecule has 3 aromatic heterocycles. The number of anilines is 1. The number of piperidine rings is 1. The fourth-order valence-corrected chi connectivity index (χ4v) is 10.5. The van der Waals surface area contributed by atoms with Gasteiger partial charge in [0.25, 0.3) is 0 Å². The molecule has 268 valence electrons. The van der Waals surface area contributed by atoms with E-state index in [0.29, 0.717) is 53.6 Å². The third-order valence-electron chi connectivity index (χ3n) is 10.4. The van der Waals surface area contributed by atoms with Gasteiger partial charge in [0.2, 0.25) is 10.0 Å². The molecule has 3 fully saturated rings. The van der Waals surface area contributed by atoms with E-state index < -0.39 is 22.6 Å². The van der Waals surface area contributed by atoms with Crippen molar-refractivity contribution in [2.75, 3.05) is 37.4 Å². The minimum absolute atomic E-state index is 0.0151. The van der Waals surface area contributed by atoms with Crippen molar-refractivity contribution in [2.45, 2.75) is 96.7 Å². The molecule has 4 aromatic rings. The van der Waals surface area contributed by atoms with Crippen molar-refractivity contribution in [3.05, 3.63) is 51.8 Å². The molecule has 0 unspecified atom stereocenters. The largest absolute Gasteiger partial charge is 0.393 e. The number of hydrogen-bond donors (Lipinski definition) is 1. The minimum atomic E-state index is -4.27. The Kier molecular flexibility index (Phi) is 9.61. The number of alkyl halides is 3. The maximum absolute atomic E-state index is 13.1. The van der Waals surface area contributed by atoms with Gasteiger partial charge in [-0.15, -0.1) is 11.3 Å². The van der Waals surface area contributed by atoms with Crippen molar-refractivity contribution in [1.29, 1.82) is 5.26 Å². The lowest BCUT2D eigenvalue weighted by atomic mass is 10.0. The molecule has 7 rings (SSSR count). The van der Waals surface area contributed by atoms with Gasteiger partial charge in [-0.1, -0.05) is 13.0 Å². The Morgan fingerprint density at radius 2 is 1.84 bits per heavy atom. The highest BCUT2D eigenvalue weighted by Gasteiger charge is 2.41. The number of nitriles is 1. The molecule has 1 aromatic carbocycles. The molecule has 5 heterocycles. The summed E-state index contributed by atoms with van der Waals surface area (Å²) in [4.78, 5) is 14.4. The fourth-order valence-electron chi connectivity index (χ4n) is 7.43. The van der Waals surface area contributed by atoms with Gasteiger partial charge >= 0.3 is 6.18 Å². The van der Waals surface area contributed by atoms with E-state index in [1.165, 1.54) is 5.56 Å². The first-order valence-electron chi connectivity index (χ1n) is 17.4. The van der Waals surface area contributed by atoms with E-state index in [1.807, 2.05) is 29.4 Å². The maximum atomic E-state index is 13.1. The molecule has 0 radical (unpaired) electrons. The van der Waals surface area contributed by atoms with Gasteiger partial charge in [0, 0.05) is 79.6 Å². The summed E-state index contributed by atoms with van der Waals surface area (Å²) in [5.74, 6) is 1.25. The summed E-state index contributed by atoms with van der Waals surface area (Å²) in [6.07, 6.45) is -1.01. The molecule has 0 amide bonds. The quantitative estimate of drug-likeness (QED) is 0.211. The molecule has 50 heavy (non-hydrogen) atoms. The zero-order valence-corrected chi connectivity index (χ0v) is 30.3. The van der Waals surface area contributed by atoms with Crippen LogP contribution in [-0.2, 0) is 36.0 Å². The summed E-state index contributed by atoms with van der Waals surface area (Å²) in [5, 5.41) is 15.3. The van der Waals surface area contributed by atoms with E-state index in [9.17, 15) is 26.9 Å². The molecule has 1 atom stereocenters. The zero-order chi connectivity index (χ0) is 35.4. The molecule has 2 saturated heterocycles. The molecule has 2 aliphatic heterocycles. The number of fused-ring (bicyclic) bond motifs is 2. The van der Waals surface area contributed by atoms with Crippen molar-refractivity contribution >= 4 is 48.3 Å². The molecule has 0 bridgehead atoms. The van der Waals surface area contributed by atoms with Gasteiger partial charge in [-0.3, -0.25) is 9.80 Å². The molecule has 15 heteroatoms. The van der Waals surface area contributed by atoms with Crippen LogP contribution in [0.25, 0.3) is 21.1 Å². The van der Waals surface area contributed by atoms with Crippen molar-refractivity contribution in [3.8, 4) is 6.07 Å². The summed E-state index contributed by atoms with van der Waals surface area (Å²) in [5.41, 5.74) is 3.88. The van der Waals surface area contributed by atoms with Gasteiger partial charge < -0.3 is 9.88 Å². The minimum Gasteiger partial charge on any atom is -0.367 e. The van der Waals surface area contributed by atoms with E-state index in [1.54, 1.807) is 10.4 Å².